The molecule has 0 aliphatic heterocycles. The molecule has 5 N–H and O–H groups in total. The Morgan fingerprint density at radius 1 is 0.975 bits per heavy atom. The van der Waals surface area contributed by atoms with E-state index >= 15 is 0 Å². The predicted octanol–water partition coefficient (Wildman–Crippen LogP) is 5.82. The van der Waals surface area contributed by atoms with Crippen molar-refractivity contribution in [3.8, 4) is 11.1 Å². The number of halogens is 2. The zero-order chi connectivity index (χ0) is 29.1. The van der Waals surface area contributed by atoms with E-state index in [0.29, 0.717) is 33.2 Å². The van der Waals surface area contributed by atoms with Gasteiger partial charge in [0.05, 0.1) is 26.4 Å². The maximum absolute atomic E-state index is 12.9. The lowest BCUT2D eigenvalue weighted by Crippen LogP contribution is -2.21. The largest absolute Gasteiger partial charge is 0.394 e. The van der Waals surface area contributed by atoms with Crippen molar-refractivity contribution >= 4 is 66.1 Å². The smallest absolute Gasteiger partial charge is 0.263 e. The van der Waals surface area contributed by atoms with Gasteiger partial charge in [-0.15, -0.1) is 0 Å². The number of aromatic nitrogens is 2. The van der Waals surface area contributed by atoms with Crippen LogP contribution < -0.4 is 15.4 Å². The van der Waals surface area contributed by atoms with Gasteiger partial charge >= 0.3 is 0 Å². The van der Waals surface area contributed by atoms with Crippen LogP contribution in [0.15, 0.2) is 82.7 Å². The first-order valence-electron chi connectivity index (χ1n) is 11.8. The summed E-state index contributed by atoms with van der Waals surface area (Å²) in [5.74, 6) is 0.715. The number of hydrogen-bond acceptors (Lipinski definition) is 9. The molecule has 0 bridgehead atoms. The van der Waals surface area contributed by atoms with Gasteiger partial charge in [-0.05, 0) is 61.0 Å². The topological polar surface area (TPSA) is 157 Å². The zero-order valence-electron chi connectivity index (χ0n) is 21.4. The Labute approximate surface area is 242 Å². The van der Waals surface area contributed by atoms with Crippen LogP contribution in [0.3, 0.4) is 0 Å². The van der Waals surface area contributed by atoms with Crippen molar-refractivity contribution in [3.63, 3.8) is 0 Å². The second-order valence-corrected chi connectivity index (χ2v) is 13.5. The molecule has 0 aliphatic rings. The zero-order valence-corrected chi connectivity index (χ0v) is 24.5. The highest BCUT2D eigenvalue weighted by Crippen LogP contribution is 2.32. The summed E-state index contributed by atoms with van der Waals surface area (Å²) in [7, 11) is -6.81. The van der Waals surface area contributed by atoms with Crippen molar-refractivity contribution in [1.82, 2.24) is 9.97 Å². The van der Waals surface area contributed by atoms with Gasteiger partial charge in [-0.1, -0.05) is 41.4 Å². The summed E-state index contributed by atoms with van der Waals surface area (Å²) in [6, 6.07) is 17.2. The third-order valence-corrected chi connectivity index (χ3v) is 9.19. The van der Waals surface area contributed by atoms with E-state index in [1.807, 2.05) is 0 Å². The summed E-state index contributed by atoms with van der Waals surface area (Å²) in [6.45, 7) is 1.66. The first-order valence-corrected chi connectivity index (χ1v) is 16.0. The number of hydrogen-bond donors (Lipinski definition) is 5. The number of benzene rings is 3. The van der Waals surface area contributed by atoms with E-state index in [1.165, 1.54) is 24.5 Å². The van der Waals surface area contributed by atoms with E-state index in [0.717, 1.165) is 0 Å². The molecule has 0 amide bonds. The molecule has 4 rings (SSSR count). The molecule has 0 saturated carbocycles. The quantitative estimate of drug-likeness (QED) is 0.148. The van der Waals surface area contributed by atoms with Gasteiger partial charge in [0.2, 0.25) is 5.95 Å². The second kappa shape index (κ2) is 12.0. The molecule has 0 saturated heterocycles. The Balaban J connectivity index is 1.59. The average molecular weight is 622 g/mol. The lowest BCUT2D eigenvalue weighted by Gasteiger charge is -2.17. The van der Waals surface area contributed by atoms with E-state index in [-0.39, 0.29) is 33.5 Å². The molecule has 210 valence electrons. The number of aliphatic hydroxyl groups is 1. The molecule has 10 nitrogen and oxygen atoms in total. The highest BCUT2D eigenvalue weighted by Gasteiger charge is 2.20. The normalized spacial score (nSPS) is 13.7. The molecule has 1 unspecified atom stereocenters. The van der Waals surface area contributed by atoms with E-state index in [1.54, 1.807) is 61.7 Å². The Morgan fingerprint density at radius 2 is 1.62 bits per heavy atom. The summed E-state index contributed by atoms with van der Waals surface area (Å²) < 4.78 is 47.8. The van der Waals surface area contributed by atoms with Gasteiger partial charge < -0.3 is 15.7 Å². The molecule has 4 aromatic rings. The summed E-state index contributed by atoms with van der Waals surface area (Å²) in [4.78, 5) is 9.24. The summed E-state index contributed by atoms with van der Waals surface area (Å²) in [6.07, 6.45) is 2.96. The van der Waals surface area contributed by atoms with Gasteiger partial charge in [0.25, 0.3) is 10.0 Å². The molecule has 1 heterocycles. The number of nitrogens with one attached hydrogen (secondary N) is 4. The molecule has 0 aliphatic carbocycles. The molecule has 1 aromatic heterocycles. The van der Waals surface area contributed by atoms with Crippen LogP contribution in [0, 0.1) is 4.78 Å². The van der Waals surface area contributed by atoms with Crippen molar-refractivity contribution in [2.45, 2.75) is 22.8 Å². The Morgan fingerprint density at radius 3 is 2.25 bits per heavy atom. The highest BCUT2D eigenvalue weighted by molar-refractivity contribution is 7.93. The SMILES string of the molecule is C[C@H](CO)Nc1nc(Nc2ccc(S(C)(=N)=O)cc2)ncc1-c1ccc(NS(=O)(=O)c2cccc(Cl)c2Cl)cc1. The lowest BCUT2D eigenvalue weighted by atomic mass is 10.1. The Kier molecular flexibility index (Phi) is 8.86. The molecule has 0 fully saturated rings. The average Bonchev–Trinajstić information content (AvgIpc) is 2.90. The van der Waals surface area contributed by atoms with Crippen LogP contribution in [0.5, 0.6) is 0 Å². The number of nitrogens with zero attached hydrogens (tertiary/aromatic N) is 2. The Hall–Kier alpha value is -3.42. The van der Waals surface area contributed by atoms with Crippen LogP contribution in [0.2, 0.25) is 10.0 Å². The van der Waals surface area contributed by atoms with Gasteiger partial charge in [-0.3, -0.25) is 4.72 Å². The highest BCUT2D eigenvalue weighted by atomic mass is 35.5. The molecule has 3 aromatic carbocycles. The van der Waals surface area contributed by atoms with E-state index in [4.69, 9.17) is 28.0 Å². The molecule has 0 spiro atoms. The van der Waals surface area contributed by atoms with E-state index in [2.05, 4.69) is 25.3 Å². The van der Waals surface area contributed by atoms with Crippen LogP contribution in [-0.2, 0) is 19.8 Å². The summed E-state index contributed by atoms with van der Waals surface area (Å²) in [5, 5.41) is 15.9. The van der Waals surface area contributed by atoms with Crippen LogP contribution >= 0.6 is 23.2 Å². The van der Waals surface area contributed by atoms with Crippen molar-refractivity contribution in [2.24, 2.45) is 0 Å². The molecule has 40 heavy (non-hydrogen) atoms. The van der Waals surface area contributed by atoms with Gasteiger partial charge in [-0.25, -0.2) is 22.4 Å². The fourth-order valence-corrected chi connectivity index (χ4v) is 6.07. The lowest BCUT2D eigenvalue weighted by molar-refractivity contribution is 0.281. The van der Waals surface area contributed by atoms with Gasteiger partial charge in [-0.2, -0.15) is 4.98 Å². The molecule has 14 heteroatoms. The maximum Gasteiger partial charge on any atom is 0.263 e. The predicted molar refractivity (Wildman–Crippen MR) is 160 cm³/mol. The minimum Gasteiger partial charge on any atom is -0.394 e. The number of anilines is 4. The molecular formula is C26H26Cl2N6O4S2. The fraction of sp³-hybridized carbons (Fsp3) is 0.154. The number of aliphatic hydroxyl groups excluding tert-OH is 1. The van der Waals surface area contributed by atoms with Crippen molar-refractivity contribution in [2.75, 3.05) is 28.2 Å². The maximum atomic E-state index is 12.9. The van der Waals surface area contributed by atoms with E-state index < -0.39 is 19.8 Å². The number of rotatable bonds is 10. The summed E-state index contributed by atoms with van der Waals surface area (Å²) in [5.41, 5.74) is 2.26. The van der Waals surface area contributed by atoms with Crippen LogP contribution in [0.25, 0.3) is 11.1 Å². The molecular weight excluding hydrogens is 595 g/mol. The minimum atomic E-state index is -3.98. The first kappa shape index (κ1) is 29.6. The second-order valence-electron chi connectivity index (χ2n) is 8.91. The number of sulfonamides is 1. The first-order chi connectivity index (χ1) is 18.9. The van der Waals surface area contributed by atoms with Gasteiger partial charge in [0, 0.05) is 40.3 Å². The standard InChI is InChI=1S/C26H26Cl2N6O4S2/c1-16(15-35)31-25-21(14-30-26(33-25)32-18-10-12-20(13-11-18)39(2,29)36)17-6-8-19(9-7-17)34-40(37,38)23-5-3-4-22(27)24(23)28/h3-14,16,29,34-35H,15H2,1-2H3,(H2,30,31,32,33)/t16-,39?/m1/s1. The third kappa shape index (κ3) is 7.01. The van der Waals surface area contributed by atoms with Crippen LogP contribution in [0.4, 0.5) is 23.1 Å². The van der Waals surface area contributed by atoms with Crippen molar-refractivity contribution < 1.29 is 17.7 Å². The Bertz CT molecular complexity index is 1730. The third-order valence-electron chi connectivity index (χ3n) is 5.66. The van der Waals surface area contributed by atoms with Crippen molar-refractivity contribution in [1.29, 1.82) is 4.78 Å². The van der Waals surface area contributed by atoms with Gasteiger partial charge in [0.1, 0.15) is 10.7 Å². The van der Waals surface area contributed by atoms with Crippen molar-refractivity contribution in [3.05, 3.63) is 83.0 Å². The molecule has 0 radical (unpaired) electrons. The van der Waals surface area contributed by atoms with E-state index in [9.17, 15) is 17.7 Å². The monoisotopic (exact) mass is 620 g/mol. The minimum absolute atomic E-state index is 0.0647. The van der Waals surface area contributed by atoms with Gasteiger partial charge in [0.15, 0.2) is 0 Å². The fourth-order valence-electron chi connectivity index (χ4n) is 3.59. The summed E-state index contributed by atoms with van der Waals surface area (Å²) >= 11 is 12.1. The molecule has 2 atom stereocenters. The van der Waals surface area contributed by atoms with Crippen LogP contribution in [-0.4, -0.2) is 46.6 Å². The van der Waals surface area contributed by atoms with Crippen LogP contribution in [0.1, 0.15) is 6.92 Å².